The molecule has 0 radical (unpaired) electrons. The maximum absolute atomic E-state index is 4.06. The lowest BCUT2D eigenvalue weighted by molar-refractivity contribution is 0.364. The van der Waals surface area contributed by atoms with Crippen molar-refractivity contribution in [2.45, 2.75) is 32.2 Å². The zero-order chi connectivity index (χ0) is 10.7. The molecule has 1 fully saturated rings. The van der Waals surface area contributed by atoms with Gasteiger partial charge in [0.1, 0.15) is 0 Å². The minimum atomic E-state index is 0.719. The molecule has 15 heavy (non-hydrogen) atoms. The van der Waals surface area contributed by atoms with Crippen molar-refractivity contribution in [1.82, 2.24) is 10.3 Å². The van der Waals surface area contributed by atoms with E-state index in [-0.39, 0.29) is 0 Å². The molecule has 2 heteroatoms. The number of aromatic nitrogens is 1. The Morgan fingerprint density at radius 2 is 2.07 bits per heavy atom. The van der Waals surface area contributed by atoms with Crippen LogP contribution in [-0.4, -0.2) is 18.1 Å². The maximum Gasteiger partial charge on any atom is 0.0270 e. The molecule has 0 bridgehead atoms. The van der Waals surface area contributed by atoms with E-state index in [9.17, 15) is 0 Å². The summed E-state index contributed by atoms with van der Waals surface area (Å²) in [5.74, 6) is 1.63. The first-order chi connectivity index (χ1) is 7.31. The molecule has 2 nitrogen and oxygen atoms in total. The highest BCUT2D eigenvalue weighted by molar-refractivity contribution is 5.11. The fourth-order valence-electron chi connectivity index (χ4n) is 2.76. The first-order valence-corrected chi connectivity index (χ1v) is 5.87. The Bertz CT molecular complexity index is 297. The Hall–Kier alpha value is -0.890. The van der Waals surface area contributed by atoms with Gasteiger partial charge in [0.2, 0.25) is 0 Å². The number of hydrogen-bond donors (Lipinski definition) is 1. The predicted octanol–water partition coefficient (Wildman–Crippen LogP) is 2.26. The molecule has 0 spiro atoms. The highest BCUT2D eigenvalue weighted by Gasteiger charge is 2.31. The van der Waals surface area contributed by atoms with Crippen LogP contribution in [0.3, 0.4) is 0 Å². The minimum Gasteiger partial charge on any atom is -0.317 e. The molecule has 1 heterocycles. The van der Waals surface area contributed by atoms with E-state index in [4.69, 9.17) is 0 Å². The molecular formula is C13H20N2. The van der Waals surface area contributed by atoms with Gasteiger partial charge in [0.25, 0.3) is 0 Å². The third-order valence-corrected chi connectivity index (χ3v) is 3.84. The van der Waals surface area contributed by atoms with Gasteiger partial charge in [0.15, 0.2) is 0 Å². The van der Waals surface area contributed by atoms with Crippen LogP contribution in [-0.2, 0) is 6.42 Å². The van der Waals surface area contributed by atoms with Gasteiger partial charge in [-0.15, -0.1) is 0 Å². The second-order valence-corrected chi connectivity index (χ2v) is 4.65. The lowest BCUT2D eigenvalue weighted by Crippen LogP contribution is -2.29. The molecule has 1 aromatic heterocycles. The van der Waals surface area contributed by atoms with E-state index in [1.165, 1.54) is 24.8 Å². The number of pyridine rings is 1. The fourth-order valence-corrected chi connectivity index (χ4v) is 2.76. The molecule has 1 aliphatic rings. The van der Waals surface area contributed by atoms with Crippen LogP contribution in [0, 0.1) is 11.8 Å². The third-order valence-electron chi connectivity index (χ3n) is 3.84. The van der Waals surface area contributed by atoms with Crippen molar-refractivity contribution in [2.75, 3.05) is 7.05 Å². The van der Waals surface area contributed by atoms with Crippen LogP contribution in [0.25, 0.3) is 0 Å². The van der Waals surface area contributed by atoms with E-state index in [0.29, 0.717) is 0 Å². The molecule has 3 unspecified atom stereocenters. The number of rotatable bonds is 3. The summed E-state index contributed by atoms with van der Waals surface area (Å²) in [7, 11) is 2.08. The average molecular weight is 204 g/mol. The molecule has 0 saturated heterocycles. The Morgan fingerprint density at radius 1 is 1.33 bits per heavy atom. The van der Waals surface area contributed by atoms with Crippen molar-refractivity contribution in [1.29, 1.82) is 0 Å². The molecule has 1 aromatic rings. The lowest BCUT2D eigenvalue weighted by atomic mass is 9.90. The highest BCUT2D eigenvalue weighted by Crippen LogP contribution is 2.33. The van der Waals surface area contributed by atoms with Crippen molar-refractivity contribution in [3.8, 4) is 0 Å². The third kappa shape index (κ3) is 2.37. The van der Waals surface area contributed by atoms with Crippen LogP contribution in [0.2, 0.25) is 0 Å². The molecule has 0 amide bonds. The van der Waals surface area contributed by atoms with Crippen molar-refractivity contribution >= 4 is 0 Å². The van der Waals surface area contributed by atoms with Gasteiger partial charge in [-0.1, -0.05) is 6.92 Å². The van der Waals surface area contributed by atoms with Crippen molar-refractivity contribution in [3.05, 3.63) is 30.1 Å². The quantitative estimate of drug-likeness (QED) is 0.817. The van der Waals surface area contributed by atoms with E-state index in [1.807, 2.05) is 12.4 Å². The first-order valence-electron chi connectivity index (χ1n) is 5.87. The largest absolute Gasteiger partial charge is 0.317 e. The lowest BCUT2D eigenvalue weighted by Gasteiger charge is -2.20. The Morgan fingerprint density at radius 3 is 2.67 bits per heavy atom. The van der Waals surface area contributed by atoms with Crippen LogP contribution in [0.4, 0.5) is 0 Å². The summed E-state index contributed by atoms with van der Waals surface area (Å²) in [5.41, 5.74) is 1.43. The van der Waals surface area contributed by atoms with Gasteiger partial charge in [-0.05, 0) is 55.8 Å². The molecule has 1 saturated carbocycles. The average Bonchev–Trinajstić information content (AvgIpc) is 2.62. The van der Waals surface area contributed by atoms with Gasteiger partial charge >= 0.3 is 0 Å². The predicted molar refractivity (Wildman–Crippen MR) is 62.7 cm³/mol. The van der Waals surface area contributed by atoms with Crippen LogP contribution >= 0.6 is 0 Å². The molecule has 0 aliphatic heterocycles. The standard InChI is InChI=1S/C13H20N2/c1-10-12(3-4-13(10)14-2)9-11-5-7-15-8-6-11/h5-8,10,12-14H,3-4,9H2,1-2H3. The van der Waals surface area contributed by atoms with Gasteiger partial charge in [-0.3, -0.25) is 4.98 Å². The Labute approximate surface area is 92.1 Å². The van der Waals surface area contributed by atoms with E-state index in [1.54, 1.807) is 0 Å². The first kappa shape index (κ1) is 10.6. The van der Waals surface area contributed by atoms with E-state index < -0.39 is 0 Å². The molecular weight excluding hydrogens is 184 g/mol. The number of hydrogen-bond acceptors (Lipinski definition) is 2. The molecule has 2 rings (SSSR count). The van der Waals surface area contributed by atoms with Crippen molar-refractivity contribution in [2.24, 2.45) is 11.8 Å². The van der Waals surface area contributed by atoms with Crippen LogP contribution in [0.15, 0.2) is 24.5 Å². The summed E-state index contributed by atoms with van der Waals surface area (Å²) in [4.78, 5) is 4.06. The van der Waals surface area contributed by atoms with Gasteiger partial charge < -0.3 is 5.32 Å². The second-order valence-electron chi connectivity index (χ2n) is 4.65. The summed E-state index contributed by atoms with van der Waals surface area (Å²) >= 11 is 0. The zero-order valence-corrected chi connectivity index (χ0v) is 9.61. The molecule has 0 aromatic carbocycles. The van der Waals surface area contributed by atoms with Gasteiger partial charge in [0.05, 0.1) is 0 Å². The van der Waals surface area contributed by atoms with Crippen LogP contribution < -0.4 is 5.32 Å². The van der Waals surface area contributed by atoms with Gasteiger partial charge in [-0.25, -0.2) is 0 Å². The number of nitrogens with one attached hydrogen (secondary N) is 1. The Kier molecular flexibility index (Phi) is 3.37. The van der Waals surface area contributed by atoms with Crippen molar-refractivity contribution in [3.63, 3.8) is 0 Å². The van der Waals surface area contributed by atoms with Crippen LogP contribution in [0.1, 0.15) is 25.3 Å². The molecule has 1 N–H and O–H groups in total. The summed E-state index contributed by atoms with van der Waals surface area (Å²) in [6, 6.07) is 5.00. The van der Waals surface area contributed by atoms with Gasteiger partial charge in [0, 0.05) is 18.4 Å². The maximum atomic E-state index is 4.06. The SMILES string of the molecule is CNC1CCC(Cc2ccncc2)C1C. The van der Waals surface area contributed by atoms with Crippen LogP contribution in [0.5, 0.6) is 0 Å². The molecule has 1 aliphatic carbocycles. The summed E-state index contributed by atoms with van der Waals surface area (Å²) in [6.45, 7) is 2.38. The summed E-state index contributed by atoms with van der Waals surface area (Å²) in [6.07, 6.45) is 7.68. The number of nitrogens with zero attached hydrogens (tertiary/aromatic N) is 1. The normalized spacial score (nSPS) is 30.7. The topological polar surface area (TPSA) is 24.9 Å². The second kappa shape index (κ2) is 4.75. The molecule has 3 atom stereocenters. The van der Waals surface area contributed by atoms with E-state index >= 15 is 0 Å². The van der Waals surface area contributed by atoms with E-state index in [2.05, 4.69) is 36.4 Å². The smallest absolute Gasteiger partial charge is 0.0270 e. The fraction of sp³-hybridized carbons (Fsp3) is 0.615. The zero-order valence-electron chi connectivity index (χ0n) is 9.61. The van der Waals surface area contributed by atoms with Crippen molar-refractivity contribution < 1.29 is 0 Å². The highest BCUT2D eigenvalue weighted by atomic mass is 14.9. The Balaban J connectivity index is 1.96. The monoisotopic (exact) mass is 204 g/mol. The summed E-state index contributed by atoms with van der Waals surface area (Å²) < 4.78 is 0. The van der Waals surface area contributed by atoms with E-state index in [0.717, 1.165) is 17.9 Å². The van der Waals surface area contributed by atoms with Gasteiger partial charge in [-0.2, -0.15) is 0 Å². The minimum absolute atomic E-state index is 0.719. The molecule has 82 valence electrons. The summed E-state index contributed by atoms with van der Waals surface area (Å²) in [5, 5.41) is 3.42.